The van der Waals surface area contributed by atoms with Gasteiger partial charge in [-0.1, -0.05) is 28.4 Å². The van der Waals surface area contributed by atoms with Gasteiger partial charge in [-0.25, -0.2) is 0 Å². The van der Waals surface area contributed by atoms with Gasteiger partial charge in [-0.2, -0.15) is 0 Å². The van der Waals surface area contributed by atoms with Crippen LogP contribution in [0.2, 0.25) is 0 Å². The molecule has 29 heavy (non-hydrogen) atoms. The topological polar surface area (TPSA) is 81.9 Å². The second kappa shape index (κ2) is 7.74. The van der Waals surface area contributed by atoms with E-state index >= 15 is 0 Å². The van der Waals surface area contributed by atoms with Crippen molar-refractivity contribution in [3.05, 3.63) is 35.7 Å². The van der Waals surface area contributed by atoms with Crippen LogP contribution in [0, 0.1) is 13.8 Å². The van der Waals surface area contributed by atoms with Crippen LogP contribution in [0.3, 0.4) is 0 Å². The first-order valence-corrected chi connectivity index (χ1v) is 11.8. The Hall–Kier alpha value is -1.90. The molecule has 0 aliphatic carbocycles. The number of fused-ring (bicyclic) bond motifs is 1. The predicted octanol–water partition coefficient (Wildman–Crippen LogP) is 3.73. The van der Waals surface area contributed by atoms with E-state index in [-0.39, 0.29) is 10.5 Å². The minimum Gasteiger partial charge on any atom is -0.593 e. The molecule has 158 valence electrons. The Labute approximate surface area is 173 Å². The van der Waals surface area contributed by atoms with Crippen LogP contribution in [0.5, 0.6) is 5.75 Å². The number of aromatic nitrogens is 1. The average Bonchev–Trinajstić information content (AvgIpc) is 2.97. The summed E-state index contributed by atoms with van der Waals surface area (Å²) in [6.07, 6.45) is 3.31. The molecule has 1 spiro atoms. The first-order valence-electron chi connectivity index (χ1n) is 10.3. The largest absolute Gasteiger partial charge is 0.593 e. The number of piperidine rings is 1. The molecule has 1 unspecified atom stereocenters. The Morgan fingerprint density at radius 3 is 2.52 bits per heavy atom. The Morgan fingerprint density at radius 1 is 1.17 bits per heavy atom. The molecule has 0 bridgehead atoms. The van der Waals surface area contributed by atoms with Crippen LogP contribution in [0.1, 0.15) is 44.1 Å². The molecule has 1 fully saturated rings. The number of ether oxygens (including phenoxy) is 1. The van der Waals surface area contributed by atoms with Crippen molar-refractivity contribution in [2.45, 2.75) is 57.0 Å². The highest BCUT2D eigenvalue weighted by Gasteiger charge is 2.45. The molecule has 2 aliphatic rings. The highest BCUT2D eigenvalue weighted by atomic mass is 32.3. The molecule has 0 radical (unpaired) electrons. The third kappa shape index (κ3) is 3.69. The lowest BCUT2D eigenvalue weighted by Gasteiger charge is -2.41. The molecule has 0 saturated carbocycles. The van der Waals surface area contributed by atoms with Gasteiger partial charge in [0.2, 0.25) is 4.90 Å². The number of hydrogen-bond acceptors (Lipinski definition) is 6. The van der Waals surface area contributed by atoms with Gasteiger partial charge in [0, 0.05) is 52.4 Å². The summed E-state index contributed by atoms with van der Waals surface area (Å²) in [6, 6.07) is 8.18. The second-order valence-electron chi connectivity index (χ2n) is 8.05. The lowest BCUT2D eigenvalue weighted by Crippen LogP contribution is -2.51. The third-order valence-corrected chi connectivity index (χ3v) is 8.21. The fraction of sp³-hybridized carbons (Fsp3) is 0.571. The van der Waals surface area contributed by atoms with E-state index in [1.807, 2.05) is 18.2 Å². The summed E-state index contributed by atoms with van der Waals surface area (Å²) in [4.78, 5) is 2.59. The van der Waals surface area contributed by atoms with E-state index in [0.29, 0.717) is 37.4 Å². The smallest absolute Gasteiger partial charge is 0.240 e. The van der Waals surface area contributed by atoms with Crippen molar-refractivity contribution in [1.82, 2.24) is 9.46 Å². The summed E-state index contributed by atoms with van der Waals surface area (Å²) >= 11 is 0. The van der Waals surface area contributed by atoms with Gasteiger partial charge in [0.15, 0.2) is 16.2 Å². The van der Waals surface area contributed by atoms with Gasteiger partial charge < -0.3 is 18.7 Å². The van der Waals surface area contributed by atoms with Gasteiger partial charge >= 0.3 is 0 Å². The number of para-hydroxylation sites is 2. The SMILES string of the molecule is CCCN1CCC2(CCN([S+](=O)([O-])c3c(C)noc3C)CC2)Oc2ccccc21. The Bertz CT molecular complexity index is 901. The van der Waals surface area contributed by atoms with Crippen LogP contribution < -0.4 is 9.64 Å². The van der Waals surface area contributed by atoms with E-state index in [1.54, 1.807) is 18.2 Å². The molecule has 0 amide bonds. The van der Waals surface area contributed by atoms with Crippen molar-refractivity contribution in [3.63, 3.8) is 0 Å². The molecule has 3 heterocycles. The van der Waals surface area contributed by atoms with Crippen molar-refractivity contribution >= 4 is 16.1 Å². The van der Waals surface area contributed by atoms with E-state index < -0.39 is 10.4 Å². The van der Waals surface area contributed by atoms with Crippen molar-refractivity contribution < 1.29 is 18.0 Å². The van der Waals surface area contributed by atoms with Gasteiger partial charge in [-0.15, -0.1) is 4.31 Å². The van der Waals surface area contributed by atoms with Crippen LogP contribution in [0.25, 0.3) is 0 Å². The zero-order chi connectivity index (χ0) is 20.6. The number of benzene rings is 1. The average molecular weight is 420 g/mol. The number of sulfonamides is 1. The van der Waals surface area contributed by atoms with E-state index in [4.69, 9.17) is 9.26 Å². The minimum absolute atomic E-state index is 0.203. The fourth-order valence-corrected chi connectivity index (χ4v) is 6.24. The molecule has 7 nitrogen and oxygen atoms in total. The number of nitrogens with zero attached hydrogens (tertiary/aromatic N) is 3. The van der Waals surface area contributed by atoms with Gasteiger partial charge in [0.1, 0.15) is 17.0 Å². The first kappa shape index (κ1) is 20.4. The molecule has 4 rings (SSSR count). The van der Waals surface area contributed by atoms with Gasteiger partial charge in [0.25, 0.3) is 0 Å². The van der Waals surface area contributed by atoms with E-state index in [9.17, 15) is 8.76 Å². The Kier molecular flexibility index (Phi) is 5.44. The molecule has 1 aromatic heterocycles. The Balaban J connectivity index is 1.54. The minimum atomic E-state index is -3.61. The van der Waals surface area contributed by atoms with Crippen molar-refractivity contribution in [2.75, 3.05) is 31.1 Å². The van der Waals surface area contributed by atoms with Crippen LogP contribution in [-0.4, -0.2) is 45.8 Å². The number of aryl methyl sites for hydroxylation is 2. The van der Waals surface area contributed by atoms with Crippen LogP contribution in [-0.2, 0) is 14.6 Å². The van der Waals surface area contributed by atoms with Crippen LogP contribution in [0.4, 0.5) is 5.69 Å². The van der Waals surface area contributed by atoms with Gasteiger partial charge in [-0.3, -0.25) is 0 Å². The highest BCUT2D eigenvalue weighted by molar-refractivity contribution is 7.95. The van der Waals surface area contributed by atoms with Crippen molar-refractivity contribution in [3.8, 4) is 5.75 Å². The monoisotopic (exact) mass is 419 g/mol. The molecular weight excluding hydrogens is 390 g/mol. The van der Waals surface area contributed by atoms with Crippen LogP contribution in [0.15, 0.2) is 33.7 Å². The molecule has 8 heteroatoms. The number of anilines is 1. The highest BCUT2D eigenvalue weighted by Crippen LogP contribution is 2.42. The lowest BCUT2D eigenvalue weighted by molar-refractivity contribution is 0.0167. The summed E-state index contributed by atoms with van der Waals surface area (Å²) in [6.45, 7) is 8.27. The number of hydrogen-bond donors (Lipinski definition) is 0. The van der Waals surface area contributed by atoms with Crippen LogP contribution >= 0.6 is 0 Å². The fourth-order valence-electron chi connectivity index (χ4n) is 4.51. The molecule has 2 aromatic rings. The number of rotatable bonds is 4. The molecule has 1 atom stereocenters. The summed E-state index contributed by atoms with van der Waals surface area (Å²) in [5, 5.41) is 3.81. The summed E-state index contributed by atoms with van der Waals surface area (Å²) in [5.41, 5.74) is 1.22. The molecular formula is C21H29N3O4S. The lowest BCUT2D eigenvalue weighted by atomic mass is 9.88. The first-order chi connectivity index (χ1) is 13.9. The van der Waals surface area contributed by atoms with E-state index in [1.165, 1.54) is 0 Å². The maximum atomic E-state index is 13.1. The zero-order valence-electron chi connectivity index (χ0n) is 17.3. The normalized spacial score (nSPS) is 21.3. The predicted molar refractivity (Wildman–Crippen MR) is 111 cm³/mol. The Morgan fingerprint density at radius 2 is 1.86 bits per heavy atom. The standard InChI is InChI=1S/C21H29N3O4S/c1-4-12-23-13-9-21(27-19-8-6-5-7-18(19)23)10-14-24(15-11-21)29(25,26)20-16(2)22-28-17(20)3/h5-8H,4,9-15H2,1-3H3. The van der Waals surface area contributed by atoms with Crippen molar-refractivity contribution in [2.24, 2.45) is 0 Å². The summed E-state index contributed by atoms with van der Waals surface area (Å²) in [5.74, 6) is 1.25. The molecule has 2 aliphatic heterocycles. The summed E-state index contributed by atoms with van der Waals surface area (Å²) < 4.78 is 39.5. The zero-order valence-corrected chi connectivity index (χ0v) is 18.2. The van der Waals surface area contributed by atoms with E-state index in [2.05, 4.69) is 23.0 Å². The maximum absolute atomic E-state index is 13.1. The molecule has 0 N–H and O–H groups in total. The van der Waals surface area contributed by atoms with Gasteiger partial charge in [-0.05, 0) is 25.5 Å². The van der Waals surface area contributed by atoms with E-state index in [0.717, 1.165) is 37.4 Å². The van der Waals surface area contributed by atoms with Crippen molar-refractivity contribution in [1.29, 1.82) is 0 Å². The second-order valence-corrected chi connectivity index (χ2v) is 9.92. The molecule has 1 saturated heterocycles. The maximum Gasteiger partial charge on any atom is 0.240 e. The quantitative estimate of drug-likeness (QED) is 0.703. The van der Waals surface area contributed by atoms with Gasteiger partial charge in [0.05, 0.1) is 5.69 Å². The molecule has 1 aromatic carbocycles. The third-order valence-electron chi connectivity index (χ3n) is 6.06. The summed E-state index contributed by atoms with van der Waals surface area (Å²) in [7, 11) is -3.61.